The summed E-state index contributed by atoms with van der Waals surface area (Å²) in [5.41, 5.74) is 0.778. The van der Waals surface area contributed by atoms with Crippen LogP contribution in [-0.2, 0) is 13.1 Å². The molecule has 0 aliphatic carbocycles. The molecule has 0 amide bonds. The van der Waals surface area contributed by atoms with Crippen molar-refractivity contribution in [1.82, 2.24) is 10.5 Å². The zero-order valence-corrected chi connectivity index (χ0v) is 11.0. The van der Waals surface area contributed by atoms with Gasteiger partial charge in [0.05, 0.1) is 22.8 Å². The van der Waals surface area contributed by atoms with Gasteiger partial charge in [-0.1, -0.05) is 40.0 Å². The van der Waals surface area contributed by atoms with Crippen LogP contribution in [0.1, 0.15) is 11.3 Å². The number of aromatic nitrogens is 1. The number of rotatable bonds is 4. The molecule has 0 spiro atoms. The van der Waals surface area contributed by atoms with Gasteiger partial charge in [-0.3, -0.25) is 0 Å². The maximum absolute atomic E-state index is 6.07. The molecule has 90 valence electrons. The Bertz CT molecular complexity index is 500. The zero-order chi connectivity index (χ0) is 12.3. The van der Waals surface area contributed by atoms with E-state index in [-0.39, 0.29) is 0 Å². The number of hydrogen-bond donors (Lipinski definition) is 1. The van der Waals surface area contributed by atoms with Gasteiger partial charge in [-0.2, -0.15) is 0 Å². The highest BCUT2D eigenvalue weighted by Gasteiger charge is 2.09. The predicted octanol–water partition coefficient (Wildman–Crippen LogP) is 3.92. The molecule has 6 heteroatoms. The molecule has 0 saturated heterocycles. The summed E-state index contributed by atoms with van der Waals surface area (Å²) >= 11 is 18.0. The summed E-state index contributed by atoms with van der Waals surface area (Å²) in [5.74, 6) is 0.749. The highest BCUT2D eigenvalue weighted by molar-refractivity contribution is 6.44. The lowest BCUT2D eigenvalue weighted by atomic mass is 10.2. The van der Waals surface area contributed by atoms with Gasteiger partial charge in [0.1, 0.15) is 5.76 Å². The standard InChI is InChI=1S/C11H9Cl3N2O/c12-9-1-2-10(13)11(14)8(9)6-15-5-7-3-4-16-17-7/h1-4,15H,5-6H2. The van der Waals surface area contributed by atoms with Crippen molar-refractivity contribution in [3.63, 3.8) is 0 Å². The van der Waals surface area contributed by atoms with Gasteiger partial charge in [-0.05, 0) is 12.1 Å². The number of halogens is 3. The fourth-order valence-corrected chi connectivity index (χ4v) is 2.06. The summed E-state index contributed by atoms with van der Waals surface area (Å²) in [6, 6.07) is 5.18. The molecule has 0 radical (unpaired) electrons. The van der Waals surface area contributed by atoms with E-state index in [1.807, 2.05) is 0 Å². The van der Waals surface area contributed by atoms with Crippen molar-refractivity contribution in [3.8, 4) is 0 Å². The summed E-state index contributed by atoms with van der Waals surface area (Å²) in [6.07, 6.45) is 1.59. The lowest BCUT2D eigenvalue weighted by Crippen LogP contribution is -2.13. The third-order valence-corrected chi connectivity index (χ3v) is 3.43. The summed E-state index contributed by atoms with van der Waals surface area (Å²) in [5, 5.41) is 8.32. The Morgan fingerprint density at radius 1 is 1.06 bits per heavy atom. The number of nitrogens with one attached hydrogen (secondary N) is 1. The third kappa shape index (κ3) is 3.13. The molecule has 0 aliphatic rings. The average Bonchev–Trinajstić information content (AvgIpc) is 2.81. The fourth-order valence-electron chi connectivity index (χ4n) is 1.38. The molecular weight excluding hydrogens is 282 g/mol. The van der Waals surface area contributed by atoms with E-state index in [0.717, 1.165) is 11.3 Å². The van der Waals surface area contributed by atoms with Gasteiger partial charge < -0.3 is 9.84 Å². The second-order valence-corrected chi connectivity index (χ2v) is 4.60. The van der Waals surface area contributed by atoms with E-state index < -0.39 is 0 Å². The SMILES string of the molecule is Clc1ccc(Cl)c(CNCc2ccno2)c1Cl. The smallest absolute Gasteiger partial charge is 0.150 e. The number of nitrogens with zero attached hydrogens (tertiary/aromatic N) is 1. The first-order valence-electron chi connectivity index (χ1n) is 4.91. The molecule has 2 rings (SSSR count). The van der Waals surface area contributed by atoms with Gasteiger partial charge in [0.15, 0.2) is 0 Å². The second-order valence-electron chi connectivity index (χ2n) is 3.40. The Kier molecular flexibility index (Phi) is 4.29. The number of benzene rings is 1. The highest BCUT2D eigenvalue weighted by Crippen LogP contribution is 2.31. The maximum atomic E-state index is 6.07. The van der Waals surface area contributed by atoms with E-state index in [4.69, 9.17) is 39.3 Å². The van der Waals surface area contributed by atoms with Gasteiger partial charge in [0, 0.05) is 23.2 Å². The maximum Gasteiger partial charge on any atom is 0.150 e. The molecule has 1 aromatic heterocycles. The van der Waals surface area contributed by atoms with Crippen LogP contribution in [0.4, 0.5) is 0 Å². The van der Waals surface area contributed by atoms with Crippen LogP contribution in [0.2, 0.25) is 15.1 Å². The van der Waals surface area contributed by atoms with E-state index in [1.165, 1.54) is 0 Å². The van der Waals surface area contributed by atoms with Crippen molar-refractivity contribution in [2.24, 2.45) is 0 Å². The Morgan fingerprint density at radius 2 is 1.82 bits per heavy atom. The molecule has 17 heavy (non-hydrogen) atoms. The summed E-state index contributed by atoms with van der Waals surface area (Å²) < 4.78 is 4.95. The topological polar surface area (TPSA) is 38.1 Å². The van der Waals surface area contributed by atoms with Crippen molar-refractivity contribution < 1.29 is 4.52 Å². The van der Waals surface area contributed by atoms with Crippen LogP contribution < -0.4 is 5.32 Å². The first kappa shape index (κ1) is 12.7. The number of hydrogen-bond acceptors (Lipinski definition) is 3. The van der Waals surface area contributed by atoms with Gasteiger partial charge in [-0.25, -0.2) is 0 Å². The molecule has 3 nitrogen and oxygen atoms in total. The lowest BCUT2D eigenvalue weighted by molar-refractivity contribution is 0.373. The molecule has 0 fully saturated rings. The summed E-state index contributed by atoms with van der Waals surface area (Å²) in [4.78, 5) is 0. The minimum absolute atomic E-state index is 0.476. The molecule has 2 aromatic rings. The van der Waals surface area contributed by atoms with Crippen molar-refractivity contribution >= 4 is 34.8 Å². The average molecular weight is 292 g/mol. The summed E-state index contributed by atoms with van der Waals surface area (Å²) in [6.45, 7) is 1.07. The molecule has 0 aliphatic heterocycles. The van der Waals surface area contributed by atoms with Gasteiger partial charge in [0.2, 0.25) is 0 Å². The quantitative estimate of drug-likeness (QED) is 0.868. The van der Waals surface area contributed by atoms with Crippen LogP contribution in [0.15, 0.2) is 28.9 Å². The lowest BCUT2D eigenvalue weighted by Gasteiger charge is -2.08. The van der Waals surface area contributed by atoms with Crippen LogP contribution in [0.5, 0.6) is 0 Å². The van der Waals surface area contributed by atoms with Crippen LogP contribution in [0.25, 0.3) is 0 Å². The van der Waals surface area contributed by atoms with Crippen LogP contribution in [0, 0.1) is 0 Å². The fraction of sp³-hybridized carbons (Fsp3) is 0.182. The van der Waals surface area contributed by atoms with Crippen molar-refractivity contribution in [2.45, 2.75) is 13.1 Å². The Balaban J connectivity index is 2.01. The van der Waals surface area contributed by atoms with E-state index in [2.05, 4.69) is 10.5 Å². The first-order valence-corrected chi connectivity index (χ1v) is 6.04. The first-order chi connectivity index (χ1) is 8.18. The molecular formula is C11H9Cl3N2O. The molecule has 0 unspecified atom stereocenters. The highest BCUT2D eigenvalue weighted by atomic mass is 35.5. The minimum Gasteiger partial charge on any atom is -0.360 e. The minimum atomic E-state index is 0.476. The van der Waals surface area contributed by atoms with E-state index >= 15 is 0 Å². The Morgan fingerprint density at radius 3 is 2.53 bits per heavy atom. The zero-order valence-electron chi connectivity index (χ0n) is 8.71. The molecule has 1 heterocycles. The van der Waals surface area contributed by atoms with Crippen LogP contribution in [-0.4, -0.2) is 5.16 Å². The van der Waals surface area contributed by atoms with Crippen LogP contribution >= 0.6 is 34.8 Å². The van der Waals surface area contributed by atoms with Gasteiger partial charge in [0.25, 0.3) is 0 Å². The van der Waals surface area contributed by atoms with E-state index in [1.54, 1.807) is 24.4 Å². The second kappa shape index (κ2) is 5.74. The third-order valence-electron chi connectivity index (χ3n) is 2.23. The van der Waals surface area contributed by atoms with Crippen molar-refractivity contribution in [2.75, 3.05) is 0 Å². The molecule has 0 bridgehead atoms. The predicted molar refractivity (Wildman–Crippen MR) is 68.5 cm³/mol. The van der Waals surface area contributed by atoms with Crippen LogP contribution in [0.3, 0.4) is 0 Å². The van der Waals surface area contributed by atoms with Crippen molar-refractivity contribution in [1.29, 1.82) is 0 Å². The Hall–Kier alpha value is -0.740. The summed E-state index contributed by atoms with van der Waals surface area (Å²) in [7, 11) is 0. The van der Waals surface area contributed by atoms with E-state index in [0.29, 0.717) is 28.2 Å². The molecule has 1 N–H and O–H groups in total. The van der Waals surface area contributed by atoms with Crippen molar-refractivity contribution in [3.05, 3.63) is 50.8 Å². The molecule has 1 aromatic carbocycles. The molecule has 0 atom stereocenters. The largest absolute Gasteiger partial charge is 0.360 e. The monoisotopic (exact) mass is 290 g/mol. The van der Waals surface area contributed by atoms with E-state index in [9.17, 15) is 0 Å². The Labute approximate surface area is 114 Å². The van der Waals surface area contributed by atoms with Gasteiger partial charge >= 0.3 is 0 Å². The van der Waals surface area contributed by atoms with Gasteiger partial charge in [-0.15, -0.1) is 0 Å². The normalized spacial score (nSPS) is 10.8. The molecule has 0 saturated carbocycles.